The third-order valence-electron chi connectivity index (χ3n) is 2.49. The zero-order chi connectivity index (χ0) is 12.6. The fourth-order valence-corrected chi connectivity index (χ4v) is 1.99. The molecule has 17 heavy (non-hydrogen) atoms. The topological polar surface area (TPSA) is 85.2 Å². The smallest absolute Gasteiger partial charge is 0.352 e. The summed E-state index contributed by atoms with van der Waals surface area (Å²) in [5, 5.41) is 5.70. The Bertz CT molecular complexity index is 644. The number of aromatic amines is 1. The number of H-pyrrole nitrogens is 1. The molecule has 0 saturated heterocycles. The lowest BCUT2D eigenvalue weighted by molar-refractivity contribution is 0.480. The minimum atomic E-state index is -3.98. The normalized spacial score (nSPS) is 12.2. The first kappa shape index (κ1) is 11.9. The number of aromatic nitrogens is 1. The van der Waals surface area contributed by atoms with Gasteiger partial charge in [-0.15, -0.1) is 0 Å². The molecule has 1 heterocycles. The van der Waals surface area contributed by atoms with Crippen molar-refractivity contribution in [2.45, 2.75) is 19.8 Å². The summed E-state index contributed by atoms with van der Waals surface area (Å²) >= 11 is 0. The Hall–Kier alpha value is -1.53. The maximum atomic E-state index is 10.8. The summed E-state index contributed by atoms with van der Waals surface area (Å²) in [5.74, 6) is 0.542. The molecule has 0 bridgehead atoms. The van der Waals surface area contributed by atoms with Gasteiger partial charge in [0, 0.05) is 17.0 Å². The molecule has 0 unspecified atom stereocenters. The molecule has 0 saturated carbocycles. The number of rotatable bonds is 3. The molecule has 1 aromatic heterocycles. The predicted molar refractivity (Wildman–Crippen MR) is 66.1 cm³/mol. The van der Waals surface area contributed by atoms with Gasteiger partial charge in [0.25, 0.3) is 0 Å². The molecule has 0 aliphatic carbocycles. The summed E-state index contributed by atoms with van der Waals surface area (Å²) in [5.41, 5.74) is 1.99. The van der Waals surface area contributed by atoms with Crippen LogP contribution in [0.3, 0.4) is 0 Å². The highest BCUT2D eigenvalue weighted by Crippen LogP contribution is 2.25. The van der Waals surface area contributed by atoms with E-state index in [0.29, 0.717) is 5.92 Å². The van der Waals surface area contributed by atoms with Crippen molar-refractivity contribution in [3.63, 3.8) is 0 Å². The Balaban J connectivity index is 2.44. The highest BCUT2D eigenvalue weighted by atomic mass is 32.2. The summed E-state index contributed by atoms with van der Waals surface area (Å²) in [6.45, 7) is 4.19. The van der Waals surface area contributed by atoms with Crippen LogP contribution in [-0.2, 0) is 10.3 Å². The number of fused-ring (bicyclic) bond motifs is 1. The van der Waals surface area contributed by atoms with Crippen LogP contribution in [0.5, 0.6) is 5.88 Å². The second kappa shape index (κ2) is 4.05. The van der Waals surface area contributed by atoms with Gasteiger partial charge in [-0.05, 0) is 23.6 Å². The molecule has 0 fully saturated rings. The van der Waals surface area contributed by atoms with Crippen molar-refractivity contribution in [2.24, 2.45) is 5.14 Å². The fraction of sp³-hybridized carbons (Fsp3) is 0.273. The highest BCUT2D eigenvalue weighted by molar-refractivity contribution is 7.84. The van der Waals surface area contributed by atoms with E-state index in [9.17, 15) is 8.42 Å². The maximum Gasteiger partial charge on any atom is 0.381 e. The second-order valence-corrected chi connectivity index (χ2v) is 5.36. The largest absolute Gasteiger partial charge is 0.381 e. The van der Waals surface area contributed by atoms with E-state index >= 15 is 0 Å². The van der Waals surface area contributed by atoms with Crippen LogP contribution in [-0.4, -0.2) is 13.4 Å². The molecular weight excluding hydrogens is 240 g/mol. The molecule has 5 nitrogen and oxygen atoms in total. The number of hydrogen-bond acceptors (Lipinski definition) is 3. The third kappa shape index (κ3) is 2.78. The van der Waals surface area contributed by atoms with Gasteiger partial charge in [-0.3, -0.25) is 0 Å². The fourth-order valence-electron chi connectivity index (χ4n) is 1.65. The Morgan fingerprint density at radius 3 is 2.59 bits per heavy atom. The van der Waals surface area contributed by atoms with Crippen LogP contribution >= 0.6 is 0 Å². The number of nitrogens with two attached hydrogens (primary N) is 1. The molecule has 0 aliphatic heterocycles. The molecule has 0 spiro atoms. The molecule has 92 valence electrons. The van der Waals surface area contributed by atoms with E-state index in [-0.39, 0.29) is 5.88 Å². The zero-order valence-corrected chi connectivity index (χ0v) is 10.4. The summed E-state index contributed by atoms with van der Waals surface area (Å²) in [6.07, 6.45) is 0. The summed E-state index contributed by atoms with van der Waals surface area (Å²) in [6, 6.07) is 7.49. The van der Waals surface area contributed by atoms with E-state index < -0.39 is 10.3 Å². The first-order valence-corrected chi connectivity index (χ1v) is 6.67. The van der Waals surface area contributed by atoms with Crippen molar-refractivity contribution >= 4 is 21.2 Å². The van der Waals surface area contributed by atoms with Crippen molar-refractivity contribution in [1.82, 2.24) is 4.98 Å². The van der Waals surface area contributed by atoms with Gasteiger partial charge in [0.05, 0.1) is 0 Å². The SMILES string of the molecule is CC(C)c1ccc2[nH]c(OS(N)(=O)=O)cc2c1. The van der Waals surface area contributed by atoms with E-state index in [2.05, 4.69) is 23.0 Å². The van der Waals surface area contributed by atoms with Gasteiger partial charge < -0.3 is 9.17 Å². The molecular formula is C11H14N2O3S. The first-order valence-electron chi connectivity index (χ1n) is 5.20. The zero-order valence-electron chi connectivity index (χ0n) is 9.60. The van der Waals surface area contributed by atoms with Crippen LogP contribution in [0.15, 0.2) is 24.3 Å². The molecule has 1 aromatic carbocycles. The monoisotopic (exact) mass is 254 g/mol. The van der Waals surface area contributed by atoms with Crippen molar-refractivity contribution < 1.29 is 12.6 Å². The van der Waals surface area contributed by atoms with Gasteiger partial charge in [-0.25, -0.2) is 0 Å². The standard InChI is InChI=1S/C11H14N2O3S/c1-7(2)8-3-4-10-9(5-8)6-11(13-10)16-17(12,14)15/h3-7,13H,1-2H3,(H2,12,14,15). The summed E-state index contributed by atoms with van der Waals surface area (Å²) in [7, 11) is -3.98. The number of nitrogens with one attached hydrogen (secondary N) is 1. The lowest BCUT2D eigenvalue weighted by Crippen LogP contribution is -2.19. The van der Waals surface area contributed by atoms with Gasteiger partial charge in [0.1, 0.15) is 0 Å². The van der Waals surface area contributed by atoms with Crippen LogP contribution in [0.1, 0.15) is 25.3 Å². The van der Waals surface area contributed by atoms with Crippen LogP contribution < -0.4 is 9.32 Å². The summed E-state index contributed by atoms with van der Waals surface area (Å²) < 4.78 is 26.2. The van der Waals surface area contributed by atoms with Crippen molar-refractivity contribution in [3.8, 4) is 5.88 Å². The number of benzene rings is 1. The van der Waals surface area contributed by atoms with E-state index in [4.69, 9.17) is 5.14 Å². The molecule has 2 aromatic rings. The van der Waals surface area contributed by atoms with E-state index in [0.717, 1.165) is 10.9 Å². The molecule has 0 radical (unpaired) electrons. The Kier molecular flexibility index (Phi) is 2.84. The molecule has 6 heteroatoms. The van der Waals surface area contributed by atoms with E-state index in [1.54, 1.807) is 6.07 Å². The van der Waals surface area contributed by atoms with Crippen LogP contribution in [0.2, 0.25) is 0 Å². The minimum Gasteiger partial charge on any atom is -0.352 e. The Morgan fingerprint density at radius 2 is 2.00 bits per heavy atom. The van der Waals surface area contributed by atoms with E-state index in [1.807, 2.05) is 18.2 Å². The lowest BCUT2D eigenvalue weighted by Gasteiger charge is -2.03. The van der Waals surface area contributed by atoms with Gasteiger partial charge in [-0.1, -0.05) is 19.9 Å². The summed E-state index contributed by atoms with van der Waals surface area (Å²) in [4.78, 5) is 2.84. The molecule has 0 atom stereocenters. The Morgan fingerprint density at radius 1 is 1.29 bits per heavy atom. The van der Waals surface area contributed by atoms with E-state index in [1.165, 1.54) is 5.56 Å². The van der Waals surface area contributed by atoms with Crippen molar-refractivity contribution in [2.75, 3.05) is 0 Å². The highest BCUT2D eigenvalue weighted by Gasteiger charge is 2.09. The minimum absolute atomic E-state index is 0.128. The third-order valence-corrected chi connectivity index (χ3v) is 2.90. The van der Waals surface area contributed by atoms with Crippen molar-refractivity contribution in [1.29, 1.82) is 0 Å². The van der Waals surface area contributed by atoms with Crippen LogP contribution in [0, 0.1) is 0 Å². The molecule has 0 aliphatic rings. The van der Waals surface area contributed by atoms with Crippen LogP contribution in [0.4, 0.5) is 0 Å². The van der Waals surface area contributed by atoms with Gasteiger partial charge in [0.15, 0.2) is 0 Å². The first-order chi connectivity index (χ1) is 7.85. The molecule has 3 N–H and O–H groups in total. The van der Waals surface area contributed by atoms with Crippen LogP contribution in [0.25, 0.3) is 10.9 Å². The second-order valence-electron chi connectivity index (χ2n) is 4.21. The Labute approximate surface area is 99.8 Å². The van der Waals surface area contributed by atoms with Gasteiger partial charge >= 0.3 is 10.3 Å². The average molecular weight is 254 g/mol. The maximum absolute atomic E-state index is 10.8. The predicted octanol–water partition coefficient (Wildman–Crippen LogP) is 1.87. The van der Waals surface area contributed by atoms with Gasteiger partial charge in [0.2, 0.25) is 5.88 Å². The average Bonchev–Trinajstić information content (AvgIpc) is 2.54. The molecule has 0 amide bonds. The van der Waals surface area contributed by atoms with Crippen molar-refractivity contribution in [3.05, 3.63) is 29.8 Å². The lowest BCUT2D eigenvalue weighted by atomic mass is 10.0. The number of hydrogen-bond donors (Lipinski definition) is 2. The van der Waals surface area contributed by atoms with Gasteiger partial charge in [-0.2, -0.15) is 13.6 Å². The molecule has 2 rings (SSSR count). The quantitative estimate of drug-likeness (QED) is 0.876.